The summed E-state index contributed by atoms with van der Waals surface area (Å²) in [6, 6.07) is 0. The Kier molecular flexibility index (Phi) is 16.2. The normalized spacial score (nSPS) is 8.06. The number of ketones is 2. The summed E-state index contributed by atoms with van der Waals surface area (Å²) >= 11 is 0. The summed E-state index contributed by atoms with van der Waals surface area (Å²) in [5.41, 5.74) is 0. The van der Waals surface area contributed by atoms with Gasteiger partial charge in [0.05, 0.1) is 6.42 Å². The molecule has 0 unspecified atom stereocenters. The van der Waals surface area contributed by atoms with Crippen molar-refractivity contribution in [1.82, 2.24) is 0 Å². The molecular weight excluding hydrogens is 383 g/mol. The number of Topliss-reactive ketones (excluding diaryl/α,β-unsaturated/α-hetero) is 2. The fourth-order valence-corrected chi connectivity index (χ4v) is 0.549. The summed E-state index contributed by atoms with van der Waals surface area (Å²) in [7, 11) is 0. The Balaban J connectivity index is -0.0000000653. The zero-order chi connectivity index (χ0) is 12.0. The van der Waals surface area contributed by atoms with E-state index in [4.69, 9.17) is 5.11 Å². The molecule has 0 heterocycles. The van der Waals surface area contributed by atoms with Crippen molar-refractivity contribution < 1.29 is 39.5 Å². The summed E-state index contributed by atoms with van der Waals surface area (Å²) in [5.74, 6) is -6.22. The molecule has 1 N–H and O–H groups in total. The van der Waals surface area contributed by atoms with Gasteiger partial charge in [0.1, 0.15) is 0 Å². The second-order valence-corrected chi connectivity index (χ2v) is 2.55. The number of carbonyl (C=O) groups is 5. The number of aliphatic carboxylic acids is 1. The molecule has 0 bridgehead atoms. The number of hydrogen-bond donors (Lipinski definition) is 1. The largest absolute Gasteiger partial charge is 2.00 e. The van der Waals surface area contributed by atoms with Gasteiger partial charge in [-0.15, -0.1) is 0 Å². The van der Waals surface area contributed by atoms with Crippen molar-refractivity contribution in [2.45, 2.75) is 19.8 Å². The van der Waals surface area contributed by atoms with E-state index in [9.17, 15) is 24.0 Å². The Morgan fingerprint density at radius 1 is 1.06 bits per heavy atom. The first-order valence-electron chi connectivity index (χ1n) is 3.86. The molecule has 0 atom stereocenters. The standard InChI is InChI=1S/C8H8O7.2Sr.4H/c1-4(9)8(14)15-6(11)3-2-5(10)7(12)13;;;;;;/h2-3H2,1H3,(H,12,13);;;;;;/q;2*+2;4*-1. The summed E-state index contributed by atoms with van der Waals surface area (Å²) in [4.78, 5) is 52.1. The van der Waals surface area contributed by atoms with Crippen molar-refractivity contribution in [2.75, 3.05) is 0 Å². The molecule has 0 spiro atoms. The van der Waals surface area contributed by atoms with E-state index in [1.54, 1.807) is 0 Å². The Labute approximate surface area is 177 Å². The van der Waals surface area contributed by atoms with Gasteiger partial charge in [-0.3, -0.25) is 14.4 Å². The van der Waals surface area contributed by atoms with E-state index >= 15 is 0 Å². The number of hydrogen-bond acceptors (Lipinski definition) is 6. The average molecular weight is 395 g/mol. The van der Waals surface area contributed by atoms with Crippen LogP contribution in [0.5, 0.6) is 0 Å². The monoisotopic (exact) mass is 396 g/mol. The van der Waals surface area contributed by atoms with E-state index in [1.807, 2.05) is 0 Å². The molecule has 9 heteroatoms. The zero-order valence-electron chi connectivity index (χ0n) is 13.2. The number of carboxylic acid groups (broad SMARTS) is 1. The van der Waals surface area contributed by atoms with E-state index in [2.05, 4.69) is 4.74 Å². The second-order valence-electron chi connectivity index (χ2n) is 2.55. The second kappa shape index (κ2) is 12.0. The number of ether oxygens (including phenoxy) is 1. The topological polar surface area (TPSA) is 115 Å². The molecule has 0 radical (unpaired) electrons. The van der Waals surface area contributed by atoms with Crippen molar-refractivity contribution >= 4 is 120 Å². The van der Waals surface area contributed by atoms with Gasteiger partial charge in [-0.05, 0) is 0 Å². The van der Waals surface area contributed by atoms with Crippen LogP contribution in [0.1, 0.15) is 25.5 Å². The summed E-state index contributed by atoms with van der Waals surface area (Å²) < 4.78 is 3.97. The molecule has 17 heavy (non-hydrogen) atoms. The van der Waals surface area contributed by atoms with Gasteiger partial charge in [0.2, 0.25) is 11.6 Å². The minimum Gasteiger partial charge on any atom is -1.00 e. The van der Waals surface area contributed by atoms with Crippen LogP contribution in [0.4, 0.5) is 0 Å². The molecule has 90 valence electrons. The number of esters is 2. The van der Waals surface area contributed by atoms with Gasteiger partial charge in [0.15, 0.2) is 0 Å². The predicted molar refractivity (Wildman–Crippen MR) is 59.6 cm³/mol. The maximum absolute atomic E-state index is 10.7. The summed E-state index contributed by atoms with van der Waals surface area (Å²) in [6.45, 7) is 0.915. The van der Waals surface area contributed by atoms with E-state index < -0.39 is 42.3 Å². The van der Waals surface area contributed by atoms with Gasteiger partial charge in [-0.1, -0.05) is 0 Å². The molecule has 0 aromatic rings. The Bertz CT molecular complexity index is 352. The molecule has 0 aliphatic carbocycles. The SMILES string of the molecule is CC(=O)C(=O)OC(=O)CCC(=O)C(=O)O.[H-].[H-].[H-].[H-].[Sr+2].[Sr+2]. The van der Waals surface area contributed by atoms with Crippen LogP contribution in [0.2, 0.25) is 0 Å². The minimum absolute atomic E-state index is 0. The third-order valence-corrected chi connectivity index (χ3v) is 1.29. The van der Waals surface area contributed by atoms with Gasteiger partial charge < -0.3 is 15.5 Å². The predicted octanol–water partition coefficient (Wildman–Crippen LogP) is -1.23. The smallest absolute Gasteiger partial charge is 1.00 e. The Morgan fingerprint density at radius 3 is 1.88 bits per heavy atom. The third kappa shape index (κ3) is 11.7. The molecule has 0 aliphatic rings. The van der Waals surface area contributed by atoms with Gasteiger partial charge in [-0.2, -0.15) is 0 Å². The van der Waals surface area contributed by atoms with Crippen molar-refractivity contribution in [3.63, 3.8) is 0 Å². The maximum atomic E-state index is 10.7. The van der Waals surface area contributed by atoms with Crippen LogP contribution >= 0.6 is 0 Å². The average Bonchev–Trinajstić information content (AvgIpc) is 2.13. The van der Waals surface area contributed by atoms with E-state index in [0.717, 1.165) is 6.92 Å². The van der Waals surface area contributed by atoms with E-state index in [-0.39, 0.29) is 96.7 Å². The fraction of sp³-hybridized carbons (Fsp3) is 0.375. The molecule has 0 saturated carbocycles. The van der Waals surface area contributed by atoms with Crippen LogP contribution in [0.25, 0.3) is 0 Å². The van der Waals surface area contributed by atoms with Crippen molar-refractivity contribution in [1.29, 1.82) is 0 Å². The molecule has 0 rings (SSSR count). The molecule has 0 amide bonds. The molecule has 0 aromatic carbocycles. The number of rotatable bonds is 5. The quantitative estimate of drug-likeness (QED) is 0.268. The minimum atomic E-state index is -1.67. The molecular formula is C8H12O7Sr2. The third-order valence-electron chi connectivity index (χ3n) is 1.29. The van der Waals surface area contributed by atoms with E-state index in [0.29, 0.717) is 0 Å². The van der Waals surface area contributed by atoms with Gasteiger partial charge in [-0.25, -0.2) is 9.59 Å². The molecule has 7 nitrogen and oxygen atoms in total. The van der Waals surface area contributed by atoms with Gasteiger partial charge in [0.25, 0.3) is 0 Å². The van der Waals surface area contributed by atoms with Gasteiger partial charge in [0, 0.05) is 13.3 Å². The van der Waals surface area contributed by atoms with Crippen LogP contribution < -0.4 is 0 Å². The maximum Gasteiger partial charge on any atom is 2.00 e. The number of carboxylic acids is 1. The van der Waals surface area contributed by atoms with Crippen LogP contribution in [-0.2, 0) is 28.7 Å². The van der Waals surface area contributed by atoms with Crippen LogP contribution in [-0.4, -0.2) is 126 Å². The Morgan fingerprint density at radius 2 is 1.53 bits per heavy atom. The molecule has 0 aliphatic heterocycles. The zero-order valence-corrected chi connectivity index (χ0v) is 16.2. The molecule has 0 saturated heterocycles. The van der Waals surface area contributed by atoms with Crippen LogP contribution in [0, 0.1) is 0 Å². The summed E-state index contributed by atoms with van der Waals surface area (Å²) in [6.07, 6.45) is -1.12. The van der Waals surface area contributed by atoms with Crippen LogP contribution in [0.15, 0.2) is 0 Å². The fourth-order valence-electron chi connectivity index (χ4n) is 0.549. The van der Waals surface area contributed by atoms with Crippen molar-refractivity contribution in [3.05, 3.63) is 0 Å². The number of carbonyl (C=O) groups excluding carboxylic acids is 4. The first kappa shape index (κ1) is 23.0. The Hall–Kier alpha value is 0.911. The molecule has 0 aromatic heterocycles. The first-order chi connectivity index (χ1) is 6.84. The van der Waals surface area contributed by atoms with Crippen LogP contribution in [0.3, 0.4) is 0 Å². The molecule has 0 fully saturated rings. The first-order valence-corrected chi connectivity index (χ1v) is 3.86. The van der Waals surface area contributed by atoms with Gasteiger partial charge >= 0.3 is 109 Å². The van der Waals surface area contributed by atoms with Crippen molar-refractivity contribution in [3.8, 4) is 0 Å². The summed E-state index contributed by atoms with van der Waals surface area (Å²) in [5, 5.41) is 8.14. The van der Waals surface area contributed by atoms with E-state index in [1.165, 1.54) is 0 Å². The van der Waals surface area contributed by atoms with Crippen molar-refractivity contribution in [2.24, 2.45) is 0 Å².